The van der Waals surface area contributed by atoms with E-state index in [1.165, 1.54) is 11.1 Å². The molecule has 0 aliphatic heterocycles. The van der Waals surface area contributed by atoms with Crippen LogP contribution >= 0.6 is 0 Å². The predicted molar refractivity (Wildman–Crippen MR) is 76.6 cm³/mol. The molecule has 0 aliphatic rings. The Balaban J connectivity index is 2.58. The normalized spacial score (nSPS) is 13.1. The number of hydrogen-bond donors (Lipinski definition) is 0. The quantitative estimate of drug-likeness (QED) is 0.816. The van der Waals surface area contributed by atoms with Crippen LogP contribution in [0, 0.1) is 30.6 Å². The molecule has 3 heteroatoms. The maximum absolute atomic E-state index is 12.0. The van der Waals surface area contributed by atoms with Crippen LogP contribution in [-0.2, 0) is 16.6 Å². The van der Waals surface area contributed by atoms with Gasteiger partial charge in [-0.1, -0.05) is 29.3 Å². The van der Waals surface area contributed by atoms with Crippen molar-refractivity contribution in [3.8, 4) is 6.07 Å². The van der Waals surface area contributed by atoms with Gasteiger partial charge >= 0.3 is 0 Å². The van der Waals surface area contributed by atoms with Crippen LogP contribution in [0.25, 0.3) is 0 Å². The molecule has 1 aromatic rings. The maximum atomic E-state index is 12.0. The second kappa shape index (κ2) is 6.15. The molecule has 1 aromatic carbocycles. The average molecular weight is 263 g/mol. The third-order valence-electron chi connectivity index (χ3n) is 2.87. The number of hydrogen-bond acceptors (Lipinski definition) is 2. The lowest BCUT2D eigenvalue weighted by Crippen LogP contribution is -2.13. The summed E-state index contributed by atoms with van der Waals surface area (Å²) in [4.78, 5) is 0. The van der Waals surface area contributed by atoms with E-state index in [9.17, 15) is 4.21 Å². The molecule has 98 valence electrons. The highest BCUT2D eigenvalue weighted by Crippen LogP contribution is 2.20. The van der Waals surface area contributed by atoms with Crippen molar-refractivity contribution in [1.82, 2.24) is 0 Å². The van der Waals surface area contributed by atoms with Gasteiger partial charge in [-0.3, -0.25) is 4.21 Å². The Labute approximate surface area is 112 Å². The molecule has 0 aliphatic carbocycles. The molecule has 1 atom stereocenters. The summed E-state index contributed by atoms with van der Waals surface area (Å²) in [5, 5.41) is 8.92. The molecule has 0 bridgehead atoms. The number of nitriles is 1. The van der Waals surface area contributed by atoms with Gasteiger partial charge in [0.2, 0.25) is 0 Å². The number of aryl methyl sites for hydroxylation is 2. The standard InChI is InChI=1S/C15H21NOS/c1-12-7-13(2)9-14(8-12)10-18(17)6-5-15(3,4)11-16/h7-9H,5-6,10H2,1-4H3. The van der Waals surface area contributed by atoms with Gasteiger partial charge in [-0.2, -0.15) is 5.26 Å². The smallest absolute Gasteiger partial charge is 0.0684 e. The minimum absolute atomic E-state index is 0.377. The average Bonchev–Trinajstić information content (AvgIpc) is 2.25. The van der Waals surface area contributed by atoms with Crippen molar-refractivity contribution in [2.75, 3.05) is 5.75 Å². The van der Waals surface area contributed by atoms with Gasteiger partial charge in [0.05, 0.1) is 11.5 Å². The molecule has 1 unspecified atom stereocenters. The Morgan fingerprint density at radius 3 is 2.28 bits per heavy atom. The Bertz CT molecular complexity index is 466. The largest absolute Gasteiger partial charge is 0.259 e. The van der Waals surface area contributed by atoms with Gasteiger partial charge in [-0.15, -0.1) is 0 Å². The molecule has 0 radical (unpaired) electrons. The third kappa shape index (κ3) is 5.01. The zero-order valence-electron chi connectivity index (χ0n) is 11.6. The van der Waals surface area contributed by atoms with E-state index in [1.54, 1.807) is 0 Å². The second-order valence-corrected chi connectivity index (χ2v) is 7.11. The van der Waals surface area contributed by atoms with Crippen LogP contribution in [0.15, 0.2) is 18.2 Å². The predicted octanol–water partition coefficient (Wildman–Crippen LogP) is 3.49. The first-order chi connectivity index (χ1) is 8.32. The molecule has 0 aromatic heterocycles. The van der Waals surface area contributed by atoms with Gasteiger partial charge in [-0.05, 0) is 39.7 Å². The number of nitrogens with zero attached hydrogens (tertiary/aromatic N) is 1. The molecule has 18 heavy (non-hydrogen) atoms. The van der Waals surface area contributed by atoms with E-state index in [0.717, 1.165) is 5.56 Å². The third-order valence-corrected chi connectivity index (χ3v) is 4.18. The van der Waals surface area contributed by atoms with E-state index in [1.807, 2.05) is 13.8 Å². The molecule has 0 amide bonds. The summed E-state index contributed by atoms with van der Waals surface area (Å²) >= 11 is 0. The van der Waals surface area contributed by atoms with Gasteiger partial charge in [0.25, 0.3) is 0 Å². The summed E-state index contributed by atoms with van der Waals surface area (Å²) in [5.74, 6) is 1.18. The molecule has 0 N–H and O–H groups in total. The Morgan fingerprint density at radius 1 is 1.22 bits per heavy atom. The Hall–Kier alpha value is -1.14. The fraction of sp³-hybridized carbons (Fsp3) is 0.533. The molecule has 2 nitrogen and oxygen atoms in total. The lowest BCUT2D eigenvalue weighted by molar-refractivity contribution is 0.479. The van der Waals surface area contributed by atoms with E-state index in [4.69, 9.17) is 5.26 Å². The van der Waals surface area contributed by atoms with E-state index >= 15 is 0 Å². The topological polar surface area (TPSA) is 40.9 Å². The van der Waals surface area contributed by atoms with Gasteiger partial charge in [-0.25, -0.2) is 0 Å². The van der Waals surface area contributed by atoms with Gasteiger partial charge < -0.3 is 0 Å². The van der Waals surface area contributed by atoms with Crippen LogP contribution in [0.4, 0.5) is 0 Å². The number of rotatable bonds is 5. The van der Waals surface area contributed by atoms with Crippen LogP contribution in [0.3, 0.4) is 0 Å². The van der Waals surface area contributed by atoms with E-state index in [-0.39, 0.29) is 5.41 Å². The van der Waals surface area contributed by atoms with Crippen LogP contribution < -0.4 is 0 Å². The van der Waals surface area contributed by atoms with Gasteiger partial charge in [0.15, 0.2) is 0 Å². The van der Waals surface area contributed by atoms with Crippen LogP contribution in [0.1, 0.15) is 37.0 Å². The minimum Gasteiger partial charge on any atom is -0.259 e. The van der Waals surface area contributed by atoms with Crippen LogP contribution in [0.2, 0.25) is 0 Å². The molecule has 1 rings (SSSR count). The van der Waals surface area contributed by atoms with Gasteiger partial charge in [0, 0.05) is 22.3 Å². The van der Waals surface area contributed by atoms with E-state index in [2.05, 4.69) is 38.1 Å². The number of benzene rings is 1. The highest BCUT2D eigenvalue weighted by atomic mass is 32.2. The summed E-state index contributed by atoms with van der Waals surface area (Å²) in [5.41, 5.74) is 3.16. The van der Waals surface area contributed by atoms with Crippen LogP contribution in [0.5, 0.6) is 0 Å². The summed E-state index contributed by atoms with van der Waals surface area (Å²) < 4.78 is 12.0. The summed E-state index contributed by atoms with van der Waals surface area (Å²) in [6, 6.07) is 8.53. The highest BCUT2D eigenvalue weighted by molar-refractivity contribution is 7.84. The lowest BCUT2D eigenvalue weighted by Gasteiger charge is -2.14. The molecule has 0 saturated heterocycles. The Kier molecular flexibility index (Phi) is 5.10. The first-order valence-corrected chi connectivity index (χ1v) is 7.64. The zero-order valence-corrected chi connectivity index (χ0v) is 12.4. The molecule has 0 spiro atoms. The molecule has 0 heterocycles. The van der Waals surface area contributed by atoms with Crippen molar-refractivity contribution in [3.05, 3.63) is 34.9 Å². The summed E-state index contributed by atoms with van der Waals surface area (Å²) in [6.45, 7) is 7.89. The molecular weight excluding hydrogens is 242 g/mol. The zero-order chi connectivity index (χ0) is 13.8. The highest BCUT2D eigenvalue weighted by Gasteiger charge is 2.17. The monoisotopic (exact) mass is 263 g/mol. The lowest BCUT2D eigenvalue weighted by atomic mass is 9.93. The second-order valence-electron chi connectivity index (χ2n) is 5.53. The van der Waals surface area contributed by atoms with Crippen molar-refractivity contribution < 1.29 is 4.21 Å². The van der Waals surface area contributed by atoms with E-state index in [0.29, 0.717) is 17.9 Å². The first-order valence-electron chi connectivity index (χ1n) is 6.16. The van der Waals surface area contributed by atoms with Crippen molar-refractivity contribution in [2.45, 2.75) is 39.9 Å². The van der Waals surface area contributed by atoms with Gasteiger partial charge in [0.1, 0.15) is 0 Å². The molecule has 0 fully saturated rings. The Morgan fingerprint density at radius 2 is 1.78 bits per heavy atom. The first kappa shape index (κ1) is 14.9. The van der Waals surface area contributed by atoms with Crippen LogP contribution in [-0.4, -0.2) is 9.96 Å². The van der Waals surface area contributed by atoms with Crippen molar-refractivity contribution in [1.29, 1.82) is 5.26 Å². The van der Waals surface area contributed by atoms with Crippen molar-refractivity contribution in [3.63, 3.8) is 0 Å². The molecule has 0 saturated carbocycles. The SMILES string of the molecule is Cc1cc(C)cc(CS(=O)CCC(C)(C)C#N)c1. The van der Waals surface area contributed by atoms with E-state index < -0.39 is 10.8 Å². The fourth-order valence-corrected chi connectivity index (χ4v) is 3.26. The van der Waals surface area contributed by atoms with Crippen molar-refractivity contribution >= 4 is 10.8 Å². The summed E-state index contributed by atoms with van der Waals surface area (Å²) in [7, 11) is -0.887. The fourth-order valence-electron chi connectivity index (χ4n) is 1.84. The van der Waals surface area contributed by atoms with Crippen molar-refractivity contribution in [2.24, 2.45) is 5.41 Å². The minimum atomic E-state index is -0.887. The summed E-state index contributed by atoms with van der Waals surface area (Å²) in [6.07, 6.45) is 0.681. The molecular formula is C15H21NOS. The maximum Gasteiger partial charge on any atom is 0.0684 e.